The molecular formula is C54H67F3N18O. The lowest BCUT2D eigenvalue weighted by atomic mass is 9.86. The zero-order chi connectivity index (χ0) is 52.9. The standard InChI is InChI=1S/C20H26N6.C19H21F3N6.C15H14N6O.3H2/c1-13(2)11-14-12-26(10-8-16(14)21)18-7-3-6-17(23-18)19-15-5-4-9-22-20(15)25-24-19;1-11(2)19(21,22)14-10-28(9-8-23-14)15-6-5-13(20)17(25-15)16-12-4-3-7-24-18(12)27-26-16;22-13-9-16-7-8-21(13)12-5-1-4-11(18-12)14-10-3-2-6-17-15(10)20-19-14;;;/h3-7,9,13-14,16H,8,10-12,21H2,1-2H3,(H,22,24,25);3-7,11,14,23H,8-10H2,1-2H3,(H,24,26,27);1-6,16H,7-9H2,(H,17,19,20);3*1H/t14-,16+;;;;;/m0...../s1. The molecule has 9 aromatic heterocycles. The van der Waals surface area contributed by atoms with E-state index in [-0.39, 0.29) is 22.4 Å². The number of pyridine rings is 6. The first-order valence-corrected chi connectivity index (χ1v) is 25.7. The molecule has 0 bridgehead atoms. The molecule has 7 N–H and O–H groups in total. The number of aromatic amines is 3. The molecule has 76 heavy (non-hydrogen) atoms. The van der Waals surface area contributed by atoms with Gasteiger partial charge in [-0.15, -0.1) is 0 Å². The van der Waals surface area contributed by atoms with Crippen LogP contribution in [0.15, 0.2) is 104 Å². The largest absolute Gasteiger partial charge is 0.356 e. The average molecular weight is 1040 g/mol. The van der Waals surface area contributed by atoms with Gasteiger partial charge in [0.15, 0.2) is 22.8 Å². The van der Waals surface area contributed by atoms with Gasteiger partial charge in [-0.2, -0.15) is 15.3 Å². The van der Waals surface area contributed by atoms with Crippen molar-refractivity contribution in [3.63, 3.8) is 0 Å². The Morgan fingerprint density at radius 2 is 1.24 bits per heavy atom. The molecule has 0 radical (unpaired) electrons. The van der Waals surface area contributed by atoms with Crippen molar-refractivity contribution in [2.24, 2.45) is 23.5 Å². The van der Waals surface area contributed by atoms with E-state index in [1.54, 1.807) is 40.5 Å². The number of carbonyl (C=O) groups excluding carboxylic acids is 1. The van der Waals surface area contributed by atoms with Gasteiger partial charge in [0.05, 0.1) is 41.1 Å². The second-order valence-corrected chi connectivity index (χ2v) is 20.0. The van der Waals surface area contributed by atoms with E-state index in [9.17, 15) is 18.0 Å². The van der Waals surface area contributed by atoms with Crippen molar-refractivity contribution >= 4 is 56.5 Å². The first-order valence-electron chi connectivity index (χ1n) is 25.7. The first-order chi connectivity index (χ1) is 36.8. The number of nitrogens with one attached hydrogen (secondary N) is 5. The van der Waals surface area contributed by atoms with Crippen LogP contribution in [0.3, 0.4) is 0 Å². The predicted molar refractivity (Wildman–Crippen MR) is 294 cm³/mol. The fourth-order valence-electron chi connectivity index (χ4n) is 9.94. The minimum atomic E-state index is -2.85. The highest BCUT2D eigenvalue weighted by Gasteiger charge is 2.44. The fraction of sp³-hybridized carbons (Fsp3) is 0.370. The molecule has 3 fully saturated rings. The second-order valence-electron chi connectivity index (χ2n) is 20.0. The lowest BCUT2D eigenvalue weighted by molar-refractivity contribution is -0.118. The predicted octanol–water partition coefficient (Wildman–Crippen LogP) is 8.14. The van der Waals surface area contributed by atoms with Crippen LogP contribution >= 0.6 is 0 Å². The Balaban J connectivity index is 0.000000169. The highest BCUT2D eigenvalue weighted by Crippen LogP contribution is 2.34. The Labute approximate surface area is 441 Å². The van der Waals surface area contributed by atoms with Crippen molar-refractivity contribution in [2.45, 2.75) is 58.5 Å². The van der Waals surface area contributed by atoms with Crippen molar-refractivity contribution in [2.75, 3.05) is 67.1 Å². The molecule has 0 aromatic carbocycles. The summed E-state index contributed by atoms with van der Waals surface area (Å²) in [6.45, 7) is 12.2. The number of rotatable bonds is 10. The molecule has 3 aliphatic heterocycles. The van der Waals surface area contributed by atoms with Gasteiger partial charge in [0, 0.05) is 96.8 Å². The number of hydrogen-bond acceptors (Lipinski definition) is 15. The summed E-state index contributed by atoms with van der Waals surface area (Å²) < 4.78 is 43.5. The molecule has 0 saturated carbocycles. The molecule has 22 heteroatoms. The zero-order valence-corrected chi connectivity index (χ0v) is 42.8. The van der Waals surface area contributed by atoms with Crippen molar-refractivity contribution in [1.82, 2.24) is 71.1 Å². The number of nitrogens with zero attached hydrogens (tertiary/aromatic N) is 12. The second kappa shape index (κ2) is 22.5. The number of amides is 1. The number of hydrogen-bond donors (Lipinski definition) is 6. The van der Waals surface area contributed by atoms with E-state index >= 15 is 0 Å². The maximum atomic E-state index is 14.5. The summed E-state index contributed by atoms with van der Waals surface area (Å²) in [4.78, 5) is 44.4. The molecule has 3 atom stereocenters. The van der Waals surface area contributed by atoms with Crippen LogP contribution in [-0.2, 0) is 4.79 Å². The van der Waals surface area contributed by atoms with Gasteiger partial charge in [-0.1, -0.05) is 39.8 Å². The number of H-pyrrole nitrogens is 3. The van der Waals surface area contributed by atoms with Gasteiger partial charge < -0.3 is 26.2 Å². The van der Waals surface area contributed by atoms with E-state index < -0.39 is 23.7 Å². The number of anilines is 3. The molecular weight excluding hydrogens is 974 g/mol. The highest BCUT2D eigenvalue weighted by atomic mass is 19.3. The van der Waals surface area contributed by atoms with E-state index in [1.807, 2.05) is 48.5 Å². The Bertz CT molecular complexity index is 3450. The van der Waals surface area contributed by atoms with E-state index in [2.05, 4.69) is 97.0 Å². The van der Waals surface area contributed by atoms with Gasteiger partial charge in [-0.3, -0.25) is 25.0 Å². The van der Waals surface area contributed by atoms with Crippen molar-refractivity contribution in [1.29, 1.82) is 0 Å². The SMILES string of the molecule is CC(C)C(F)(F)C1CN(c2ccc(F)c(-c3[nH]nc4ncccc34)n2)CCN1.CC(C)C[C@H]1CN(c2cccc(-c3[nH]nc4ncccc34)n2)CC[C@H]1N.O=C1CNCCN1c1cccc(-c2[nH]nc3ncccc23)n1.[HH].[HH].[HH]. The lowest BCUT2D eigenvalue weighted by Crippen LogP contribution is -2.60. The Morgan fingerprint density at radius 3 is 1.84 bits per heavy atom. The van der Waals surface area contributed by atoms with Gasteiger partial charge in [0.2, 0.25) is 5.91 Å². The van der Waals surface area contributed by atoms with E-state index in [0.717, 1.165) is 77.5 Å². The maximum Gasteiger partial charge on any atom is 0.267 e. The Morgan fingerprint density at radius 1 is 0.671 bits per heavy atom. The topological polar surface area (TPSA) is 240 Å². The van der Waals surface area contributed by atoms with Crippen LogP contribution in [0.25, 0.3) is 67.3 Å². The number of piperidine rings is 1. The number of fused-ring (bicyclic) bond motifs is 3. The minimum Gasteiger partial charge on any atom is -0.356 e. The maximum absolute atomic E-state index is 14.5. The summed E-state index contributed by atoms with van der Waals surface area (Å²) in [5.74, 6) is -0.817. The first kappa shape index (κ1) is 51.5. The molecule has 9 aromatic rings. The van der Waals surface area contributed by atoms with Crippen LogP contribution in [0.1, 0.15) is 44.8 Å². The molecule has 400 valence electrons. The van der Waals surface area contributed by atoms with Gasteiger partial charge in [0.1, 0.15) is 23.1 Å². The minimum absolute atomic E-state index is 0. The highest BCUT2D eigenvalue weighted by molar-refractivity contribution is 5.96. The van der Waals surface area contributed by atoms with Crippen LogP contribution in [0.5, 0.6) is 0 Å². The van der Waals surface area contributed by atoms with Crippen LogP contribution in [-0.4, -0.2) is 137 Å². The van der Waals surface area contributed by atoms with Crippen molar-refractivity contribution in [3.8, 4) is 34.2 Å². The van der Waals surface area contributed by atoms with Crippen molar-refractivity contribution < 1.29 is 22.2 Å². The molecule has 1 amide bonds. The monoisotopic (exact) mass is 1040 g/mol. The third kappa shape index (κ3) is 11.0. The van der Waals surface area contributed by atoms with Crippen LogP contribution in [0, 0.1) is 23.6 Å². The summed E-state index contributed by atoms with van der Waals surface area (Å²) in [6.07, 6.45) is 7.23. The summed E-state index contributed by atoms with van der Waals surface area (Å²) in [7, 11) is 0. The van der Waals surface area contributed by atoms with Crippen LogP contribution < -0.4 is 31.1 Å². The van der Waals surface area contributed by atoms with E-state index in [4.69, 9.17) is 10.7 Å². The van der Waals surface area contributed by atoms with Gasteiger partial charge in [0.25, 0.3) is 5.92 Å². The fourth-order valence-corrected chi connectivity index (χ4v) is 9.94. The average Bonchev–Trinajstić information content (AvgIpc) is 4.23. The van der Waals surface area contributed by atoms with Gasteiger partial charge in [-0.25, -0.2) is 43.1 Å². The summed E-state index contributed by atoms with van der Waals surface area (Å²) in [5.41, 5.74) is 12.1. The quantitative estimate of drug-likeness (QED) is 0.0758. The number of nitrogens with two attached hydrogens (primary N) is 1. The zero-order valence-electron chi connectivity index (χ0n) is 42.8. The van der Waals surface area contributed by atoms with Crippen LogP contribution in [0.4, 0.5) is 30.6 Å². The van der Waals surface area contributed by atoms with E-state index in [1.165, 1.54) is 26.0 Å². The summed E-state index contributed by atoms with van der Waals surface area (Å²) in [6, 6.07) is 25.2. The number of carbonyl (C=O) groups is 1. The molecule has 0 spiro atoms. The summed E-state index contributed by atoms with van der Waals surface area (Å²) >= 11 is 0. The third-order valence-electron chi connectivity index (χ3n) is 14.0. The molecule has 1 unspecified atom stereocenters. The molecule has 19 nitrogen and oxygen atoms in total. The molecule has 0 aliphatic carbocycles. The molecule has 3 aliphatic rings. The summed E-state index contributed by atoms with van der Waals surface area (Å²) in [5, 5.41) is 29.9. The lowest BCUT2D eigenvalue weighted by Gasteiger charge is -2.39. The molecule has 3 saturated heterocycles. The van der Waals surface area contributed by atoms with Gasteiger partial charge in [-0.05, 0) is 97.5 Å². The number of piperazine rings is 2. The number of halogens is 3. The van der Waals surface area contributed by atoms with Gasteiger partial charge >= 0.3 is 0 Å². The Kier molecular flexibility index (Phi) is 15.2. The van der Waals surface area contributed by atoms with Crippen molar-refractivity contribution in [3.05, 3.63) is 109 Å². The normalized spacial score (nSPS) is 18.3. The Hall–Kier alpha value is -7.95. The van der Waals surface area contributed by atoms with Crippen LogP contribution in [0.2, 0.25) is 0 Å². The number of aromatic nitrogens is 12. The van der Waals surface area contributed by atoms with E-state index in [0.29, 0.717) is 78.1 Å². The number of alkyl halides is 2. The smallest absolute Gasteiger partial charge is 0.267 e. The molecule has 12 heterocycles. The molecule has 12 rings (SSSR count). The third-order valence-corrected chi connectivity index (χ3v) is 14.0.